The first-order chi connectivity index (χ1) is 25.7. The van der Waals surface area contributed by atoms with Crippen molar-refractivity contribution in [3.63, 3.8) is 0 Å². The van der Waals surface area contributed by atoms with Crippen LogP contribution in [0.15, 0.2) is 48.1 Å². The fraction of sp³-hybridized carbons (Fsp3) is 0.605. The molecule has 0 radical (unpaired) electrons. The number of fused-ring (bicyclic) bond motifs is 5. The van der Waals surface area contributed by atoms with Crippen LogP contribution in [-0.4, -0.2) is 74.2 Å². The van der Waals surface area contributed by atoms with E-state index < -0.39 is 79.9 Å². The molecular weight excluding hydrogens is 759 g/mol. The Hall–Kier alpha value is -3.02. The minimum Gasteiger partial charge on any atom is -0.404 e. The van der Waals surface area contributed by atoms with E-state index in [-0.39, 0.29) is 49.2 Å². The zero-order chi connectivity index (χ0) is 40.0. The van der Waals surface area contributed by atoms with Crippen LogP contribution >= 0.6 is 15.6 Å². The molecule has 5 aliphatic carbocycles. The predicted molar refractivity (Wildman–Crippen MR) is 196 cm³/mol. The van der Waals surface area contributed by atoms with Gasteiger partial charge in [-0.1, -0.05) is 37.8 Å². The number of phosphoric acid groups is 2. The molecule has 14 nitrogen and oxygen atoms in total. The highest BCUT2D eigenvalue weighted by Gasteiger charge is 2.75. The van der Waals surface area contributed by atoms with E-state index in [1.54, 1.807) is 20.8 Å². The lowest BCUT2D eigenvalue weighted by molar-refractivity contribution is -0.219. The molecule has 10 atom stereocenters. The molecule has 5 aliphatic rings. The lowest BCUT2D eigenvalue weighted by Gasteiger charge is -2.62. The van der Waals surface area contributed by atoms with Gasteiger partial charge in [0.1, 0.15) is 30.7 Å². The highest BCUT2D eigenvalue weighted by Crippen LogP contribution is 2.71. The molecule has 1 aromatic carbocycles. The quantitative estimate of drug-likeness (QED) is 0.130. The second-order valence-electron chi connectivity index (χ2n) is 15.8. The number of hydrogen-bond donors (Lipinski definition) is 5. The molecule has 0 aliphatic heterocycles. The van der Waals surface area contributed by atoms with E-state index in [2.05, 4.69) is 21.5 Å². The van der Waals surface area contributed by atoms with Crippen LogP contribution in [0.2, 0.25) is 0 Å². The average molecular weight is 808 g/mol. The standard InChI is InChI=1S/C38H48FNO13P2/c1-24-19-31-30-16-11-25-20-27(41)17-18-35(25,2)37(30,39)32(42)21-36(31,3)38(24,45)33(43)22-51-55(49,53-54(46,47)48)52-29-14-12-26(13-15-29)40-34(44)23-50-28-9-7-5-4-6-8-10-28/h12-15,17-18,20,24,28,30-32,42,45H,4-7,9,11,16,19,21-23H2,1-3H3,(H,40,44)(H2,46,47,48)/t24?,28?,30-,31-,32-,35-,36-,37-,38-,55?/m0/s1. The van der Waals surface area contributed by atoms with Crippen LogP contribution in [0.4, 0.5) is 10.1 Å². The molecule has 0 spiro atoms. The maximum absolute atomic E-state index is 17.5. The summed E-state index contributed by atoms with van der Waals surface area (Å²) in [6, 6.07) is 5.13. The maximum atomic E-state index is 17.5. The summed E-state index contributed by atoms with van der Waals surface area (Å²) in [5.74, 6) is 1.82. The number of hydrogen-bond acceptors (Lipinski definition) is 11. The zero-order valence-electron chi connectivity index (χ0n) is 30.9. The van der Waals surface area contributed by atoms with Crippen molar-refractivity contribution in [1.29, 1.82) is 0 Å². The number of rotatable bonds is 12. The Balaban J connectivity index is 1.14. The Morgan fingerprint density at radius 1 is 1.05 bits per heavy atom. The van der Waals surface area contributed by atoms with Crippen molar-refractivity contribution in [2.75, 3.05) is 18.5 Å². The van der Waals surface area contributed by atoms with Gasteiger partial charge in [0.25, 0.3) is 0 Å². The highest BCUT2D eigenvalue weighted by atomic mass is 31.3. The van der Waals surface area contributed by atoms with Crippen LogP contribution < -0.4 is 9.84 Å². The van der Waals surface area contributed by atoms with Crippen molar-refractivity contribution in [2.45, 2.75) is 102 Å². The molecule has 3 fully saturated rings. The van der Waals surface area contributed by atoms with Crippen LogP contribution in [0.5, 0.6) is 5.75 Å². The van der Waals surface area contributed by atoms with Gasteiger partial charge in [0.05, 0.1) is 6.10 Å². The van der Waals surface area contributed by atoms with Gasteiger partial charge in [-0.25, -0.2) is 13.5 Å². The molecule has 1 aromatic rings. The van der Waals surface area contributed by atoms with Crippen molar-refractivity contribution in [2.24, 2.45) is 28.6 Å². The number of halogens is 1. The van der Waals surface area contributed by atoms with Gasteiger partial charge in [-0.2, -0.15) is 4.31 Å². The van der Waals surface area contributed by atoms with Crippen molar-refractivity contribution >= 4 is 38.8 Å². The van der Waals surface area contributed by atoms with Crippen molar-refractivity contribution in [3.05, 3.63) is 48.1 Å². The van der Waals surface area contributed by atoms with Gasteiger partial charge in [-0.05, 0) is 100 Å². The fourth-order valence-electron chi connectivity index (χ4n) is 9.79. The van der Waals surface area contributed by atoms with E-state index in [4.69, 9.17) is 13.8 Å². The lowest BCUT2D eigenvalue weighted by Crippen LogP contribution is -2.69. The highest BCUT2D eigenvalue weighted by molar-refractivity contribution is 7.61. The first kappa shape index (κ1) is 41.6. The average Bonchev–Trinajstić information content (AvgIpc) is 3.29. The molecule has 1 amide bonds. The minimum absolute atomic E-state index is 0.191. The second kappa shape index (κ2) is 15.4. The van der Waals surface area contributed by atoms with Gasteiger partial charge in [0, 0.05) is 28.9 Å². The van der Waals surface area contributed by atoms with Gasteiger partial charge >= 0.3 is 15.6 Å². The van der Waals surface area contributed by atoms with Crippen molar-refractivity contribution in [1.82, 2.24) is 0 Å². The maximum Gasteiger partial charge on any atom is 0.539 e. The fourth-order valence-corrected chi connectivity index (χ4v) is 11.9. The van der Waals surface area contributed by atoms with E-state index in [0.29, 0.717) is 12.0 Å². The minimum atomic E-state index is -5.56. The smallest absolute Gasteiger partial charge is 0.404 e. The summed E-state index contributed by atoms with van der Waals surface area (Å²) in [7, 11) is -10.8. The van der Waals surface area contributed by atoms with Crippen molar-refractivity contribution < 1.29 is 66.0 Å². The summed E-state index contributed by atoms with van der Waals surface area (Å²) >= 11 is 0. The van der Waals surface area contributed by atoms with Gasteiger partial charge in [-0.15, -0.1) is 5.92 Å². The van der Waals surface area contributed by atoms with Crippen LogP contribution in [0.1, 0.15) is 78.6 Å². The van der Waals surface area contributed by atoms with Crippen LogP contribution in [0, 0.1) is 40.4 Å². The Labute approximate surface area is 319 Å². The second-order valence-corrected chi connectivity index (χ2v) is 18.7. The number of aliphatic hydroxyl groups is 2. The number of phosphoric ester groups is 1. The first-order valence-electron chi connectivity index (χ1n) is 18.5. The number of aliphatic hydroxyl groups excluding tert-OH is 1. The number of benzene rings is 1. The zero-order valence-corrected chi connectivity index (χ0v) is 32.7. The molecule has 0 heterocycles. The molecule has 3 saturated carbocycles. The Bertz CT molecular complexity index is 1920. The Kier molecular flexibility index (Phi) is 11.6. The summed E-state index contributed by atoms with van der Waals surface area (Å²) in [6.45, 7) is 3.41. The molecular formula is C38H48FNO13P2. The number of ether oxygens (including phenoxy) is 1. The summed E-state index contributed by atoms with van der Waals surface area (Å²) in [5.41, 5.74) is -6.29. The van der Waals surface area contributed by atoms with Gasteiger partial charge in [0.15, 0.2) is 17.2 Å². The van der Waals surface area contributed by atoms with E-state index >= 15 is 4.39 Å². The Morgan fingerprint density at radius 2 is 1.78 bits per heavy atom. The number of Topliss-reactive ketones (excluding diaryl/α,β-unsaturated/α-hetero) is 1. The number of carbonyl (C=O) groups excluding carboxylic acids is 3. The predicted octanol–water partition coefficient (Wildman–Crippen LogP) is 5.51. The van der Waals surface area contributed by atoms with E-state index in [1.807, 2.05) is 0 Å². The van der Waals surface area contributed by atoms with Gasteiger partial charge in [0.2, 0.25) is 5.91 Å². The van der Waals surface area contributed by atoms with E-state index in [1.165, 1.54) is 42.5 Å². The third-order valence-corrected chi connectivity index (χ3v) is 15.0. The summed E-state index contributed by atoms with van der Waals surface area (Å²) in [5, 5.41) is 26.5. The lowest BCUT2D eigenvalue weighted by atomic mass is 9.44. The normalized spacial score (nSPS) is 36.7. The molecule has 0 saturated heterocycles. The van der Waals surface area contributed by atoms with Crippen LogP contribution in [-0.2, 0) is 37.1 Å². The number of carbonyl (C=O) groups is 3. The number of ketones is 2. The third kappa shape index (κ3) is 7.83. The molecule has 17 heteroatoms. The summed E-state index contributed by atoms with van der Waals surface area (Å²) < 4.78 is 63.6. The summed E-state index contributed by atoms with van der Waals surface area (Å²) in [4.78, 5) is 57.8. The van der Waals surface area contributed by atoms with Crippen LogP contribution in [0.25, 0.3) is 0 Å². The third-order valence-electron chi connectivity index (χ3n) is 12.5. The van der Waals surface area contributed by atoms with E-state index in [9.17, 15) is 43.5 Å². The molecule has 0 aromatic heterocycles. The molecule has 6 rings (SSSR count). The number of anilines is 1. The van der Waals surface area contributed by atoms with Gasteiger partial charge < -0.3 is 34.6 Å². The molecule has 55 heavy (non-hydrogen) atoms. The molecule has 3 unspecified atom stereocenters. The number of amides is 1. The SMILES string of the molecule is CC1C[C@H]2[C@@H]3CCC4=CC(=O)C=C[C@]4(C)[C@@]3(F)[C@@H](O)C[C@]2(C)[C@@]1(O)C(=O)COP(=O)(Oc1ccc(NC(=O)COC2C#CCCCCC2)cc1)OP(=O)(O)O. The number of nitrogens with one attached hydrogen (secondary N) is 1. The largest absolute Gasteiger partial charge is 0.539 e. The number of allylic oxidation sites excluding steroid dienone is 4. The topological polar surface area (TPSA) is 215 Å². The summed E-state index contributed by atoms with van der Waals surface area (Å²) in [6.07, 6.45) is 7.23. The Morgan fingerprint density at radius 3 is 2.49 bits per heavy atom. The molecule has 300 valence electrons. The van der Waals surface area contributed by atoms with Crippen molar-refractivity contribution in [3.8, 4) is 17.6 Å². The molecule has 5 N–H and O–H groups in total. The number of alkyl halides is 1. The monoisotopic (exact) mass is 807 g/mol. The molecule has 0 bridgehead atoms. The van der Waals surface area contributed by atoms with Crippen LogP contribution in [0.3, 0.4) is 0 Å². The first-order valence-corrected chi connectivity index (χ1v) is 21.5. The van der Waals surface area contributed by atoms with Gasteiger partial charge in [-0.3, -0.25) is 18.9 Å². The van der Waals surface area contributed by atoms with E-state index in [0.717, 1.165) is 32.1 Å².